The molecule has 3 aliphatic rings. The standard InChI is InChI=1S/C35H29ClF2N6O5S/c1-49-34(47)29-28(40-31(32-39-10-13-50-32)41-30(29)25-8-6-21(37)14-26(25)36)18-42-11-12-43-23(16-42)17-44(35(43)48)22-7-9-24(27(38)15-22)19-2-4-20(5-3-19)33(45)46/h2-10,13-15,23,30H,11-12,16-18H2,1H3,(H,40,41)(H,45,46)/t23?,30-/m0/s1. The number of carbonyl (C=O) groups excluding carboxylic acids is 2. The Labute approximate surface area is 294 Å². The quantitative estimate of drug-likeness (QED) is 0.226. The molecule has 7 rings (SSSR count). The fourth-order valence-electron chi connectivity index (χ4n) is 6.52. The molecule has 4 aromatic rings. The summed E-state index contributed by atoms with van der Waals surface area (Å²) < 4.78 is 34.6. The van der Waals surface area contributed by atoms with E-state index in [1.54, 1.807) is 45.6 Å². The van der Waals surface area contributed by atoms with Crippen molar-refractivity contribution in [1.82, 2.24) is 20.1 Å². The number of piperazine rings is 1. The summed E-state index contributed by atoms with van der Waals surface area (Å²) in [5.74, 6) is -2.33. The Kier molecular flexibility index (Phi) is 9.07. The predicted molar refractivity (Wildman–Crippen MR) is 183 cm³/mol. The number of hydrogen-bond donors (Lipinski definition) is 2. The third-order valence-corrected chi connectivity index (χ3v) is 10.1. The fraction of sp³-hybridized carbons (Fsp3) is 0.229. The van der Waals surface area contributed by atoms with Crippen LogP contribution in [0.4, 0.5) is 19.3 Å². The molecule has 0 radical (unpaired) electrons. The zero-order valence-electron chi connectivity index (χ0n) is 26.5. The molecule has 2 N–H and O–H groups in total. The normalized spacial score (nSPS) is 19.3. The summed E-state index contributed by atoms with van der Waals surface area (Å²) in [7, 11) is 1.28. The van der Waals surface area contributed by atoms with E-state index in [0.29, 0.717) is 59.5 Å². The first kappa shape index (κ1) is 33.3. The highest BCUT2D eigenvalue weighted by atomic mass is 35.5. The summed E-state index contributed by atoms with van der Waals surface area (Å²) in [6.07, 6.45) is 1.64. The topological polar surface area (TPSA) is 128 Å². The van der Waals surface area contributed by atoms with Gasteiger partial charge < -0.3 is 20.1 Å². The lowest BCUT2D eigenvalue weighted by molar-refractivity contribution is -0.136. The van der Waals surface area contributed by atoms with Crippen molar-refractivity contribution in [2.45, 2.75) is 12.1 Å². The van der Waals surface area contributed by atoms with E-state index in [4.69, 9.17) is 26.4 Å². The monoisotopic (exact) mass is 718 g/mol. The van der Waals surface area contributed by atoms with Crippen molar-refractivity contribution >= 4 is 52.4 Å². The van der Waals surface area contributed by atoms with Gasteiger partial charge in [0.1, 0.15) is 17.7 Å². The maximum atomic E-state index is 15.4. The highest BCUT2D eigenvalue weighted by Crippen LogP contribution is 2.37. The number of nitrogens with one attached hydrogen (secondary N) is 1. The zero-order valence-corrected chi connectivity index (χ0v) is 28.0. The Balaban J connectivity index is 1.13. The average molecular weight is 719 g/mol. The number of esters is 1. The molecular weight excluding hydrogens is 690 g/mol. The molecule has 0 aliphatic carbocycles. The van der Waals surface area contributed by atoms with E-state index in [1.807, 2.05) is 0 Å². The van der Waals surface area contributed by atoms with Crippen LogP contribution in [0.15, 0.2) is 88.5 Å². The van der Waals surface area contributed by atoms with Crippen LogP contribution in [0, 0.1) is 11.6 Å². The Morgan fingerprint density at radius 1 is 1.08 bits per heavy atom. The number of aliphatic imine (C=N–C) groups is 1. The van der Waals surface area contributed by atoms with E-state index < -0.39 is 29.6 Å². The molecule has 3 aromatic carbocycles. The second-order valence-corrected chi connectivity index (χ2v) is 13.2. The van der Waals surface area contributed by atoms with Crippen LogP contribution in [-0.4, -0.2) is 89.6 Å². The number of halogens is 3. The van der Waals surface area contributed by atoms with Crippen molar-refractivity contribution in [3.05, 3.63) is 116 Å². The maximum absolute atomic E-state index is 15.4. The van der Waals surface area contributed by atoms with Crippen LogP contribution in [-0.2, 0) is 9.53 Å². The van der Waals surface area contributed by atoms with Gasteiger partial charge in [0, 0.05) is 71.8 Å². The van der Waals surface area contributed by atoms with Gasteiger partial charge in [-0.3, -0.25) is 14.8 Å². The molecule has 4 heterocycles. The van der Waals surface area contributed by atoms with Crippen LogP contribution in [0.2, 0.25) is 5.02 Å². The number of carboxylic acids is 1. The van der Waals surface area contributed by atoms with Gasteiger partial charge in [-0.15, -0.1) is 11.3 Å². The molecule has 0 saturated carbocycles. The van der Waals surface area contributed by atoms with Crippen molar-refractivity contribution in [2.24, 2.45) is 4.99 Å². The number of benzene rings is 3. The Morgan fingerprint density at radius 2 is 1.88 bits per heavy atom. The Morgan fingerprint density at radius 3 is 2.56 bits per heavy atom. The first-order chi connectivity index (χ1) is 24.1. The number of amidine groups is 1. The lowest BCUT2D eigenvalue weighted by Crippen LogP contribution is -2.53. The summed E-state index contributed by atoms with van der Waals surface area (Å²) in [4.78, 5) is 52.7. The molecule has 2 atom stereocenters. The van der Waals surface area contributed by atoms with Crippen molar-refractivity contribution in [2.75, 3.05) is 44.7 Å². The van der Waals surface area contributed by atoms with Crippen LogP contribution in [0.25, 0.3) is 11.1 Å². The number of ether oxygens (including phenoxy) is 1. The third-order valence-electron chi connectivity index (χ3n) is 8.95. The number of aromatic carboxylic acids is 1. The molecule has 0 spiro atoms. The van der Waals surface area contributed by atoms with Gasteiger partial charge in [0.05, 0.1) is 24.3 Å². The number of carbonyl (C=O) groups is 3. The largest absolute Gasteiger partial charge is 0.478 e. The van der Waals surface area contributed by atoms with E-state index in [-0.39, 0.29) is 40.3 Å². The summed E-state index contributed by atoms with van der Waals surface area (Å²) in [6, 6.07) is 13.1. The second kappa shape index (κ2) is 13.6. The number of anilines is 1. The van der Waals surface area contributed by atoms with E-state index in [9.17, 15) is 18.8 Å². The number of amides is 2. The molecule has 50 heavy (non-hydrogen) atoms. The maximum Gasteiger partial charge on any atom is 0.338 e. The van der Waals surface area contributed by atoms with Gasteiger partial charge in [0.15, 0.2) is 10.8 Å². The first-order valence-electron chi connectivity index (χ1n) is 15.6. The predicted octanol–water partition coefficient (Wildman–Crippen LogP) is 5.58. The summed E-state index contributed by atoms with van der Waals surface area (Å²) in [5, 5.41) is 15.0. The third kappa shape index (κ3) is 6.32. The molecule has 15 heteroatoms. The zero-order chi connectivity index (χ0) is 35.1. The average Bonchev–Trinajstić information content (AvgIpc) is 3.76. The van der Waals surface area contributed by atoms with Gasteiger partial charge >= 0.3 is 18.0 Å². The van der Waals surface area contributed by atoms with Gasteiger partial charge in [-0.1, -0.05) is 29.8 Å². The molecule has 2 saturated heterocycles. The Hall–Kier alpha value is -5.18. The molecule has 3 aliphatic heterocycles. The van der Waals surface area contributed by atoms with Crippen molar-refractivity contribution in [3.63, 3.8) is 0 Å². The number of thiazole rings is 1. The van der Waals surface area contributed by atoms with Gasteiger partial charge in [-0.05, 0) is 48.0 Å². The number of urea groups is 1. The lowest BCUT2D eigenvalue weighted by atomic mass is 9.95. The molecule has 1 unspecified atom stereocenters. The van der Waals surface area contributed by atoms with Crippen molar-refractivity contribution in [3.8, 4) is 11.1 Å². The SMILES string of the molecule is COC(=O)C1=C(CN2CCN3C(=O)N(c4ccc(-c5ccc(C(=O)O)cc5)c(F)c4)CC3C2)NC(c2nccs2)=N[C@H]1c1ccc(F)cc1Cl. The summed E-state index contributed by atoms with van der Waals surface area (Å²) >= 11 is 7.84. The first-order valence-corrected chi connectivity index (χ1v) is 16.8. The van der Waals surface area contributed by atoms with Crippen LogP contribution in [0.3, 0.4) is 0 Å². The van der Waals surface area contributed by atoms with E-state index in [2.05, 4.69) is 15.2 Å². The highest BCUT2D eigenvalue weighted by Gasteiger charge is 2.42. The Bertz CT molecular complexity index is 2060. The smallest absolute Gasteiger partial charge is 0.338 e. The molecule has 2 fully saturated rings. The lowest BCUT2D eigenvalue weighted by Gasteiger charge is -2.38. The number of carboxylic acid groups (broad SMARTS) is 1. The number of rotatable bonds is 8. The van der Waals surface area contributed by atoms with Crippen LogP contribution < -0.4 is 10.2 Å². The minimum absolute atomic E-state index is 0.0985. The molecule has 256 valence electrons. The minimum Gasteiger partial charge on any atom is -0.478 e. The molecular formula is C35H29ClF2N6O5S. The molecule has 2 amide bonds. The van der Waals surface area contributed by atoms with Gasteiger partial charge in [0.25, 0.3) is 0 Å². The number of aromatic nitrogens is 1. The van der Waals surface area contributed by atoms with Crippen molar-refractivity contribution in [1.29, 1.82) is 0 Å². The van der Waals surface area contributed by atoms with E-state index >= 15 is 4.39 Å². The highest BCUT2D eigenvalue weighted by molar-refractivity contribution is 7.11. The molecule has 1 aromatic heterocycles. The molecule has 11 nitrogen and oxygen atoms in total. The van der Waals surface area contributed by atoms with E-state index in [1.165, 1.54) is 54.8 Å². The second-order valence-electron chi connectivity index (χ2n) is 11.9. The summed E-state index contributed by atoms with van der Waals surface area (Å²) in [5.41, 5.74) is 2.49. The molecule has 0 bridgehead atoms. The van der Waals surface area contributed by atoms with Crippen LogP contribution >= 0.6 is 22.9 Å². The van der Waals surface area contributed by atoms with Gasteiger partial charge in [-0.25, -0.2) is 28.1 Å². The number of nitrogens with zero attached hydrogens (tertiary/aromatic N) is 5. The van der Waals surface area contributed by atoms with Gasteiger partial charge in [-0.2, -0.15) is 0 Å². The fourth-order valence-corrected chi connectivity index (χ4v) is 7.38. The number of fused-ring (bicyclic) bond motifs is 1. The number of methoxy groups -OCH3 is 1. The number of hydrogen-bond acceptors (Lipinski definition) is 9. The van der Waals surface area contributed by atoms with Crippen LogP contribution in [0.1, 0.15) is 27.0 Å². The van der Waals surface area contributed by atoms with E-state index in [0.717, 1.165) is 0 Å². The van der Waals surface area contributed by atoms with Gasteiger partial charge in [0.2, 0.25) is 0 Å². The minimum atomic E-state index is -1.07. The summed E-state index contributed by atoms with van der Waals surface area (Å²) in [6.45, 7) is 1.94. The van der Waals surface area contributed by atoms with Crippen molar-refractivity contribution < 1.29 is 33.0 Å². The van der Waals surface area contributed by atoms with Crippen LogP contribution in [0.5, 0.6) is 0 Å².